The van der Waals surface area contributed by atoms with Gasteiger partial charge in [0.05, 0.1) is 0 Å². The molecule has 0 spiro atoms. The minimum absolute atomic E-state index is 0.295. The SMILES string of the molecule is CCNN(C)C1CCCCO1. The van der Waals surface area contributed by atoms with Crippen molar-refractivity contribution < 1.29 is 4.74 Å². The van der Waals surface area contributed by atoms with Crippen LogP contribution in [0.4, 0.5) is 0 Å². The van der Waals surface area contributed by atoms with Crippen LogP contribution in [0.1, 0.15) is 26.2 Å². The van der Waals surface area contributed by atoms with Gasteiger partial charge in [-0.25, -0.2) is 5.01 Å². The maximum Gasteiger partial charge on any atom is 0.122 e. The Morgan fingerprint density at radius 1 is 1.55 bits per heavy atom. The third kappa shape index (κ3) is 2.77. The third-order valence-electron chi connectivity index (χ3n) is 2.00. The molecule has 1 unspecified atom stereocenters. The first-order valence-electron chi connectivity index (χ1n) is 4.42. The van der Waals surface area contributed by atoms with Gasteiger partial charge in [0.2, 0.25) is 0 Å². The second kappa shape index (κ2) is 4.70. The van der Waals surface area contributed by atoms with E-state index in [1.807, 2.05) is 7.05 Å². The quantitative estimate of drug-likeness (QED) is 0.619. The fourth-order valence-electron chi connectivity index (χ4n) is 1.38. The summed E-state index contributed by atoms with van der Waals surface area (Å²) in [5.74, 6) is 0. The predicted octanol–water partition coefficient (Wildman–Crippen LogP) is 0.969. The van der Waals surface area contributed by atoms with Gasteiger partial charge in [0.1, 0.15) is 6.23 Å². The minimum Gasteiger partial charge on any atom is -0.362 e. The maximum atomic E-state index is 5.56. The zero-order valence-electron chi connectivity index (χ0n) is 7.47. The highest BCUT2D eigenvalue weighted by atomic mass is 16.5. The average molecular weight is 158 g/mol. The highest BCUT2D eigenvalue weighted by Gasteiger charge is 2.17. The monoisotopic (exact) mass is 158 g/mol. The Labute approximate surface area is 68.7 Å². The first kappa shape index (κ1) is 8.97. The van der Waals surface area contributed by atoms with Crippen molar-refractivity contribution in [1.82, 2.24) is 10.4 Å². The lowest BCUT2D eigenvalue weighted by molar-refractivity contribution is -0.0950. The fourth-order valence-corrected chi connectivity index (χ4v) is 1.38. The molecule has 0 aromatic carbocycles. The van der Waals surface area contributed by atoms with E-state index in [-0.39, 0.29) is 0 Å². The van der Waals surface area contributed by atoms with Crippen molar-refractivity contribution in [2.24, 2.45) is 0 Å². The van der Waals surface area contributed by atoms with Crippen LogP contribution in [0.15, 0.2) is 0 Å². The number of nitrogens with one attached hydrogen (secondary N) is 1. The summed E-state index contributed by atoms with van der Waals surface area (Å²) in [6.07, 6.45) is 3.96. The number of hydrazine groups is 1. The van der Waals surface area contributed by atoms with Gasteiger partial charge in [-0.05, 0) is 19.3 Å². The Hall–Kier alpha value is -0.120. The molecule has 1 fully saturated rings. The van der Waals surface area contributed by atoms with Gasteiger partial charge >= 0.3 is 0 Å². The van der Waals surface area contributed by atoms with Crippen LogP contribution in [0, 0.1) is 0 Å². The summed E-state index contributed by atoms with van der Waals surface area (Å²) in [6, 6.07) is 0. The van der Waals surface area contributed by atoms with Gasteiger partial charge in [0.25, 0.3) is 0 Å². The molecule has 66 valence electrons. The van der Waals surface area contributed by atoms with E-state index in [4.69, 9.17) is 4.74 Å². The molecule has 1 N–H and O–H groups in total. The van der Waals surface area contributed by atoms with E-state index in [1.54, 1.807) is 0 Å². The highest BCUT2D eigenvalue weighted by Crippen LogP contribution is 2.13. The molecule has 1 aliphatic heterocycles. The van der Waals surface area contributed by atoms with E-state index in [1.165, 1.54) is 12.8 Å². The number of hydrogen-bond acceptors (Lipinski definition) is 3. The Bertz CT molecular complexity index is 102. The number of rotatable bonds is 3. The van der Waals surface area contributed by atoms with Crippen molar-refractivity contribution in [2.45, 2.75) is 32.4 Å². The Morgan fingerprint density at radius 2 is 2.36 bits per heavy atom. The van der Waals surface area contributed by atoms with Crippen LogP contribution in [0.25, 0.3) is 0 Å². The van der Waals surface area contributed by atoms with Crippen molar-refractivity contribution >= 4 is 0 Å². The van der Waals surface area contributed by atoms with E-state index in [0.29, 0.717) is 6.23 Å². The van der Waals surface area contributed by atoms with Crippen molar-refractivity contribution in [1.29, 1.82) is 0 Å². The topological polar surface area (TPSA) is 24.5 Å². The van der Waals surface area contributed by atoms with Crippen LogP contribution >= 0.6 is 0 Å². The molecule has 0 saturated carbocycles. The molecule has 0 aliphatic carbocycles. The van der Waals surface area contributed by atoms with Crippen LogP contribution < -0.4 is 5.43 Å². The van der Waals surface area contributed by atoms with E-state index < -0.39 is 0 Å². The van der Waals surface area contributed by atoms with Gasteiger partial charge in [-0.3, -0.25) is 5.43 Å². The van der Waals surface area contributed by atoms with E-state index in [9.17, 15) is 0 Å². The van der Waals surface area contributed by atoms with Gasteiger partial charge in [-0.2, -0.15) is 0 Å². The molecule has 3 heteroatoms. The highest BCUT2D eigenvalue weighted by molar-refractivity contribution is 4.60. The lowest BCUT2D eigenvalue weighted by atomic mass is 10.2. The number of nitrogens with zero attached hydrogens (tertiary/aromatic N) is 1. The molecule has 0 amide bonds. The molecular formula is C8H18N2O. The molecule has 3 nitrogen and oxygen atoms in total. The lowest BCUT2D eigenvalue weighted by Crippen LogP contribution is -2.45. The van der Waals surface area contributed by atoms with Gasteiger partial charge in [-0.15, -0.1) is 0 Å². The van der Waals surface area contributed by atoms with E-state index in [2.05, 4.69) is 17.4 Å². The second-order valence-corrected chi connectivity index (χ2v) is 2.94. The summed E-state index contributed by atoms with van der Waals surface area (Å²) in [7, 11) is 2.04. The average Bonchev–Trinajstić information content (AvgIpc) is 2.07. The fraction of sp³-hybridized carbons (Fsp3) is 1.00. The summed E-state index contributed by atoms with van der Waals surface area (Å²) in [5.41, 5.74) is 3.22. The zero-order valence-corrected chi connectivity index (χ0v) is 7.47. The second-order valence-electron chi connectivity index (χ2n) is 2.94. The zero-order chi connectivity index (χ0) is 8.10. The molecule has 0 aromatic rings. The van der Waals surface area contributed by atoms with Crippen molar-refractivity contribution in [3.05, 3.63) is 0 Å². The molecule has 0 aromatic heterocycles. The van der Waals surface area contributed by atoms with Gasteiger partial charge in [0, 0.05) is 20.2 Å². The third-order valence-corrected chi connectivity index (χ3v) is 2.00. The maximum absolute atomic E-state index is 5.56. The largest absolute Gasteiger partial charge is 0.362 e. The van der Waals surface area contributed by atoms with Crippen LogP contribution in [0.3, 0.4) is 0 Å². The van der Waals surface area contributed by atoms with Gasteiger partial charge in [0.15, 0.2) is 0 Å². The molecule has 1 heterocycles. The van der Waals surface area contributed by atoms with Crippen LogP contribution in [-0.2, 0) is 4.74 Å². The lowest BCUT2D eigenvalue weighted by Gasteiger charge is -2.31. The normalized spacial score (nSPS) is 25.9. The summed E-state index contributed by atoms with van der Waals surface area (Å²) < 4.78 is 5.56. The standard InChI is InChI=1S/C8H18N2O/c1-3-9-10(2)8-6-4-5-7-11-8/h8-9H,3-7H2,1-2H3. The van der Waals surface area contributed by atoms with E-state index >= 15 is 0 Å². The molecule has 1 rings (SSSR count). The summed E-state index contributed by atoms with van der Waals surface area (Å²) in [5, 5.41) is 2.07. The van der Waals surface area contributed by atoms with Gasteiger partial charge in [-0.1, -0.05) is 6.92 Å². The van der Waals surface area contributed by atoms with Crippen LogP contribution in [0.2, 0.25) is 0 Å². The molecule has 0 bridgehead atoms. The summed E-state index contributed by atoms with van der Waals surface area (Å²) in [4.78, 5) is 0. The van der Waals surface area contributed by atoms with Crippen molar-refractivity contribution in [2.75, 3.05) is 20.2 Å². The summed E-state index contributed by atoms with van der Waals surface area (Å²) in [6.45, 7) is 3.98. The molecule has 1 aliphatic rings. The first-order valence-corrected chi connectivity index (χ1v) is 4.42. The predicted molar refractivity (Wildman–Crippen MR) is 45.0 cm³/mol. The van der Waals surface area contributed by atoms with Crippen LogP contribution in [0.5, 0.6) is 0 Å². The Kier molecular flexibility index (Phi) is 3.83. The van der Waals surface area contributed by atoms with Crippen molar-refractivity contribution in [3.63, 3.8) is 0 Å². The van der Waals surface area contributed by atoms with Gasteiger partial charge < -0.3 is 4.74 Å². The molecular weight excluding hydrogens is 140 g/mol. The molecule has 1 atom stereocenters. The van der Waals surface area contributed by atoms with E-state index in [0.717, 1.165) is 19.6 Å². The molecule has 1 saturated heterocycles. The minimum atomic E-state index is 0.295. The first-order chi connectivity index (χ1) is 5.34. The number of hydrogen-bond donors (Lipinski definition) is 1. The smallest absolute Gasteiger partial charge is 0.122 e. The number of ether oxygens (including phenoxy) is 1. The molecule has 11 heavy (non-hydrogen) atoms. The summed E-state index contributed by atoms with van der Waals surface area (Å²) >= 11 is 0. The van der Waals surface area contributed by atoms with Crippen molar-refractivity contribution in [3.8, 4) is 0 Å². The van der Waals surface area contributed by atoms with Crippen LogP contribution in [-0.4, -0.2) is 31.4 Å². The Morgan fingerprint density at radius 3 is 2.91 bits per heavy atom. The molecule has 0 radical (unpaired) electrons. The Balaban J connectivity index is 2.21.